The van der Waals surface area contributed by atoms with Crippen LogP contribution in [0, 0.1) is 5.82 Å². The fourth-order valence-electron chi connectivity index (χ4n) is 1.77. The van der Waals surface area contributed by atoms with E-state index in [9.17, 15) is 4.39 Å². The standard InChI is InChI=1S/C10H13FN2.2ClH/c11-8-3-1-7(2-4-8)9-5-13-6-10(9)12;;/h1-4,9-10,13H,5-6,12H2;2*1H. The van der Waals surface area contributed by atoms with Crippen molar-refractivity contribution in [1.82, 2.24) is 5.32 Å². The first-order valence-electron chi connectivity index (χ1n) is 4.49. The molecule has 15 heavy (non-hydrogen) atoms. The maximum Gasteiger partial charge on any atom is 0.123 e. The van der Waals surface area contributed by atoms with Crippen LogP contribution in [0.3, 0.4) is 0 Å². The van der Waals surface area contributed by atoms with Crippen LogP contribution in [0.1, 0.15) is 11.5 Å². The molecule has 1 aliphatic rings. The molecule has 2 rings (SSSR count). The maximum absolute atomic E-state index is 12.6. The third-order valence-corrected chi connectivity index (χ3v) is 2.56. The minimum atomic E-state index is -0.191. The molecule has 0 bridgehead atoms. The zero-order chi connectivity index (χ0) is 9.26. The Balaban J connectivity index is 0.000000980. The van der Waals surface area contributed by atoms with Crippen molar-refractivity contribution in [3.63, 3.8) is 0 Å². The first-order chi connectivity index (χ1) is 6.27. The zero-order valence-electron chi connectivity index (χ0n) is 8.15. The summed E-state index contributed by atoms with van der Waals surface area (Å²) >= 11 is 0. The van der Waals surface area contributed by atoms with Crippen LogP contribution in [0.4, 0.5) is 4.39 Å². The van der Waals surface area contributed by atoms with Crippen LogP contribution in [0.25, 0.3) is 0 Å². The van der Waals surface area contributed by atoms with Crippen molar-refractivity contribution >= 4 is 24.8 Å². The number of rotatable bonds is 1. The van der Waals surface area contributed by atoms with Gasteiger partial charge in [0.25, 0.3) is 0 Å². The summed E-state index contributed by atoms with van der Waals surface area (Å²) < 4.78 is 12.6. The Kier molecular flexibility index (Phi) is 6.13. The van der Waals surface area contributed by atoms with Crippen molar-refractivity contribution in [3.05, 3.63) is 35.6 Å². The minimum absolute atomic E-state index is 0. The molecule has 1 aromatic rings. The predicted octanol–water partition coefficient (Wildman–Crippen LogP) is 1.68. The van der Waals surface area contributed by atoms with E-state index in [0.717, 1.165) is 18.7 Å². The highest BCUT2D eigenvalue weighted by molar-refractivity contribution is 5.85. The van der Waals surface area contributed by atoms with Gasteiger partial charge in [0.15, 0.2) is 0 Å². The van der Waals surface area contributed by atoms with Crippen molar-refractivity contribution in [2.75, 3.05) is 13.1 Å². The summed E-state index contributed by atoms with van der Waals surface area (Å²) in [5, 5.41) is 3.22. The van der Waals surface area contributed by atoms with E-state index >= 15 is 0 Å². The summed E-state index contributed by atoms with van der Waals surface area (Å²) in [5.41, 5.74) is 7.02. The monoisotopic (exact) mass is 252 g/mol. The molecule has 0 aliphatic carbocycles. The number of hydrogen-bond acceptors (Lipinski definition) is 2. The summed E-state index contributed by atoms with van der Waals surface area (Å²) in [6.45, 7) is 1.74. The minimum Gasteiger partial charge on any atom is -0.326 e. The SMILES string of the molecule is Cl.Cl.NC1CNCC1c1ccc(F)cc1. The van der Waals surface area contributed by atoms with Gasteiger partial charge in [-0.25, -0.2) is 4.39 Å². The van der Waals surface area contributed by atoms with Crippen molar-refractivity contribution in [2.24, 2.45) is 5.73 Å². The van der Waals surface area contributed by atoms with Crippen molar-refractivity contribution in [3.8, 4) is 0 Å². The lowest BCUT2D eigenvalue weighted by atomic mass is 9.95. The van der Waals surface area contributed by atoms with E-state index in [4.69, 9.17) is 5.73 Å². The molecule has 1 fully saturated rings. The topological polar surface area (TPSA) is 38.0 Å². The van der Waals surface area contributed by atoms with Crippen molar-refractivity contribution < 1.29 is 4.39 Å². The van der Waals surface area contributed by atoms with E-state index in [1.165, 1.54) is 12.1 Å². The Morgan fingerprint density at radius 3 is 2.20 bits per heavy atom. The highest BCUT2D eigenvalue weighted by atomic mass is 35.5. The van der Waals surface area contributed by atoms with Crippen LogP contribution in [-0.4, -0.2) is 19.1 Å². The fourth-order valence-corrected chi connectivity index (χ4v) is 1.77. The van der Waals surface area contributed by atoms with Crippen LogP contribution in [-0.2, 0) is 0 Å². The van der Waals surface area contributed by atoms with Crippen LogP contribution in [0.5, 0.6) is 0 Å². The van der Waals surface area contributed by atoms with Gasteiger partial charge in [-0.1, -0.05) is 12.1 Å². The summed E-state index contributed by atoms with van der Waals surface area (Å²) in [7, 11) is 0. The van der Waals surface area contributed by atoms with E-state index in [2.05, 4.69) is 5.32 Å². The van der Waals surface area contributed by atoms with Gasteiger partial charge in [0.2, 0.25) is 0 Å². The number of nitrogens with two attached hydrogens (primary N) is 1. The first kappa shape index (κ1) is 14.6. The molecule has 0 spiro atoms. The Labute approximate surface area is 101 Å². The lowest BCUT2D eigenvalue weighted by Crippen LogP contribution is -2.27. The van der Waals surface area contributed by atoms with Gasteiger partial charge in [-0.15, -0.1) is 24.8 Å². The average Bonchev–Trinajstić information content (AvgIpc) is 2.53. The Bertz CT molecular complexity index is 292. The molecular formula is C10H15Cl2FN2. The van der Waals surface area contributed by atoms with E-state index in [-0.39, 0.29) is 36.7 Å². The van der Waals surface area contributed by atoms with Crippen molar-refractivity contribution in [1.29, 1.82) is 0 Å². The normalized spacial score (nSPS) is 24.1. The number of nitrogens with one attached hydrogen (secondary N) is 1. The first-order valence-corrected chi connectivity index (χ1v) is 4.49. The molecule has 0 saturated carbocycles. The van der Waals surface area contributed by atoms with E-state index in [0.29, 0.717) is 5.92 Å². The molecule has 1 aromatic carbocycles. The van der Waals surface area contributed by atoms with E-state index in [1.54, 1.807) is 0 Å². The molecule has 0 radical (unpaired) electrons. The molecule has 1 aliphatic heterocycles. The quantitative estimate of drug-likeness (QED) is 0.799. The number of halogens is 3. The molecule has 5 heteroatoms. The predicted molar refractivity (Wildman–Crippen MR) is 64.5 cm³/mol. The molecule has 2 nitrogen and oxygen atoms in total. The van der Waals surface area contributed by atoms with Gasteiger partial charge in [0, 0.05) is 25.0 Å². The second-order valence-electron chi connectivity index (χ2n) is 3.48. The fraction of sp³-hybridized carbons (Fsp3) is 0.400. The third-order valence-electron chi connectivity index (χ3n) is 2.56. The highest BCUT2D eigenvalue weighted by Crippen LogP contribution is 2.21. The van der Waals surface area contributed by atoms with Crippen LogP contribution in [0.15, 0.2) is 24.3 Å². The van der Waals surface area contributed by atoms with Gasteiger partial charge in [0.05, 0.1) is 0 Å². The zero-order valence-corrected chi connectivity index (χ0v) is 9.78. The molecule has 86 valence electrons. The second-order valence-corrected chi connectivity index (χ2v) is 3.48. The molecule has 2 atom stereocenters. The Morgan fingerprint density at radius 2 is 1.73 bits per heavy atom. The maximum atomic E-state index is 12.6. The molecule has 2 unspecified atom stereocenters. The van der Waals surface area contributed by atoms with Gasteiger partial charge >= 0.3 is 0 Å². The molecule has 1 heterocycles. The van der Waals surface area contributed by atoms with Crippen molar-refractivity contribution in [2.45, 2.75) is 12.0 Å². The Morgan fingerprint density at radius 1 is 1.13 bits per heavy atom. The van der Waals surface area contributed by atoms with E-state index in [1.807, 2.05) is 12.1 Å². The second kappa shape index (κ2) is 6.28. The van der Waals surface area contributed by atoms with Gasteiger partial charge in [0.1, 0.15) is 5.82 Å². The molecule has 0 amide bonds. The number of hydrogen-bond donors (Lipinski definition) is 2. The van der Waals surface area contributed by atoms with E-state index < -0.39 is 0 Å². The van der Waals surface area contributed by atoms with Gasteiger partial charge < -0.3 is 11.1 Å². The lowest BCUT2D eigenvalue weighted by molar-refractivity contribution is 0.620. The Hall–Kier alpha value is -0.350. The molecular weight excluding hydrogens is 238 g/mol. The summed E-state index contributed by atoms with van der Waals surface area (Å²) in [5.74, 6) is 0.142. The van der Waals surface area contributed by atoms with Crippen LogP contribution in [0.2, 0.25) is 0 Å². The van der Waals surface area contributed by atoms with Gasteiger partial charge in [-0.05, 0) is 17.7 Å². The third kappa shape index (κ3) is 3.31. The molecule has 3 N–H and O–H groups in total. The molecule has 1 saturated heterocycles. The van der Waals surface area contributed by atoms with Gasteiger partial charge in [-0.3, -0.25) is 0 Å². The molecule has 0 aromatic heterocycles. The van der Waals surface area contributed by atoms with Crippen LogP contribution >= 0.6 is 24.8 Å². The summed E-state index contributed by atoms with van der Waals surface area (Å²) in [6, 6.07) is 6.76. The summed E-state index contributed by atoms with van der Waals surface area (Å²) in [6.07, 6.45) is 0. The summed E-state index contributed by atoms with van der Waals surface area (Å²) in [4.78, 5) is 0. The van der Waals surface area contributed by atoms with Gasteiger partial charge in [-0.2, -0.15) is 0 Å². The smallest absolute Gasteiger partial charge is 0.123 e. The van der Waals surface area contributed by atoms with Crippen LogP contribution < -0.4 is 11.1 Å². The number of benzene rings is 1. The largest absolute Gasteiger partial charge is 0.326 e. The lowest BCUT2D eigenvalue weighted by Gasteiger charge is -2.13. The average molecular weight is 253 g/mol. The highest BCUT2D eigenvalue weighted by Gasteiger charge is 2.24.